The number of thioether (sulfide) groups is 1. The molecule has 1 aromatic carbocycles. The molecular formula is C13H19N3OS. The topological polar surface area (TPSA) is 67.5 Å². The maximum absolute atomic E-state index is 11.0. The van der Waals surface area contributed by atoms with Gasteiger partial charge in [-0.2, -0.15) is 0 Å². The highest BCUT2D eigenvalue weighted by molar-refractivity contribution is 8.14. The van der Waals surface area contributed by atoms with Crippen LogP contribution in [0.15, 0.2) is 29.3 Å². The first-order chi connectivity index (χ1) is 8.52. The second-order valence-electron chi connectivity index (χ2n) is 3.87. The zero-order valence-electron chi connectivity index (χ0n) is 10.9. The predicted molar refractivity (Wildman–Crippen MR) is 78.8 cm³/mol. The number of nitrogens with zero attached hydrogens (tertiary/aromatic N) is 1. The van der Waals surface area contributed by atoms with Crippen LogP contribution in [-0.2, 0) is 4.79 Å². The molecule has 0 bridgehead atoms. The summed E-state index contributed by atoms with van der Waals surface area (Å²) in [5.74, 6) is 0.847. The highest BCUT2D eigenvalue weighted by Gasteiger charge is 2.07. The Labute approximate surface area is 112 Å². The minimum atomic E-state index is -0.228. The molecule has 0 saturated heterocycles. The van der Waals surface area contributed by atoms with Gasteiger partial charge < -0.3 is 11.1 Å². The van der Waals surface area contributed by atoms with E-state index in [9.17, 15) is 4.79 Å². The van der Waals surface area contributed by atoms with Gasteiger partial charge in [0.1, 0.15) is 11.2 Å². The lowest BCUT2D eigenvalue weighted by Crippen LogP contribution is -2.29. The second kappa shape index (κ2) is 7.06. The molecule has 1 unspecified atom stereocenters. The molecule has 3 N–H and O–H groups in total. The van der Waals surface area contributed by atoms with E-state index in [0.29, 0.717) is 0 Å². The zero-order chi connectivity index (χ0) is 13.5. The number of anilines is 1. The molecule has 5 heteroatoms. The van der Waals surface area contributed by atoms with Gasteiger partial charge in [0, 0.05) is 18.2 Å². The molecule has 0 saturated carbocycles. The number of rotatable bonds is 4. The Morgan fingerprint density at radius 1 is 1.44 bits per heavy atom. The van der Waals surface area contributed by atoms with E-state index >= 15 is 0 Å². The summed E-state index contributed by atoms with van der Waals surface area (Å²) in [5, 5.41) is 3.66. The molecule has 1 aromatic rings. The van der Waals surface area contributed by atoms with Crippen LogP contribution in [0.4, 0.5) is 5.69 Å². The fraction of sp³-hybridized carbons (Fsp3) is 0.385. The van der Waals surface area contributed by atoms with Crippen molar-refractivity contribution < 1.29 is 4.79 Å². The summed E-state index contributed by atoms with van der Waals surface area (Å²) in [5.41, 5.74) is 7.42. The monoisotopic (exact) mass is 265 g/mol. The molecule has 18 heavy (non-hydrogen) atoms. The molecular weight excluding hydrogens is 246 g/mol. The number of carbonyl (C=O) groups excluding carboxylic acids is 1. The van der Waals surface area contributed by atoms with Crippen LogP contribution in [0, 0.1) is 0 Å². The van der Waals surface area contributed by atoms with E-state index in [4.69, 9.17) is 5.73 Å². The van der Waals surface area contributed by atoms with Crippen LogP contribution in [0.3, 0.4) is 0 Å². The second-order valence-corrected chi connectivity index (χ2v) is 5.12. The maximum Gasteiger partial charge on any atom is 0.218 e. The van der Waals surface area contributed by atoms with Crippen LogP contribution in [0.1, 0.15) is 26.3 Å². The van der Waals surface area contributed by atoms with Gasteiger partial charge in [-0.1, -0.05) is 19.1 Å². The van der Waals surface area contributed by atoms with Gasteiger partial charge in [0.2, 0.25) is 5.91 Å². The lowest BCUT2D eigenvalue weighted by molar-refractivity contribution is -0.119. The molecule has 98 valence electrons. The number of hydrogen-bond donors (Lipinski definition) is 2. The summed E-state index contributed by atoms with van der Waals surface area (Å²) < 4.78 is 0. The maximum atomic E-state index is 11.0. The Morgan fingerprint density at radius 3 is 2.56 bits per heavy atom. The fourth-order valence-corrected chi connectivity index (χ4v) is 2.27. The van der Waals surface area contributed by atoms with Crippen molar-refractivity contribution in [1.29, 1.82) is 0 Å². The van der Waals surface area contributed by atoms with Gasteiger partial charge >= 0.3 is 0 Å². The predicted octanol–water partition coefficient (Wildman–Crippen LogP) is 2.25. The van der Waals surface area contributed by atoms with Crippen molar-refractivity contribution in [2.45, 2.75) is 26.9 Å². The first-order valence-electron chi connectivity index (χ1n) is 5.86. The van der Waals surface area contributed by atoms with Crippen molar-refractivity contribution in [2.24, 2.45) is 4.99 Å². The minimum Gasteiger partial charge on any atom is -0.399 e. The van der Waals surface area contributed by atoms with Crippen molar-refractivity contribution >= 4 is 28.4 Å². The lowest BCUT2D eigenvalue weighted by Gasteiger charge is -2.11. The molecule has 1 rings (SSSR count). The molecule has 0 spiro atoms. The number of aliphatic imine (C=N–C) groups is 1. The van der Waals surface area contributed by atoms with Gasteiger partial charge in [-0.3, -0.25) is 9.79 Å². The van der Waals surface area contributed by atoms with Crippen molar-refractivity contribution in [3.8, 4) is 0 Å². The van der Waals surface area contributed by atoms with E-state index in [2.05, 4.69) is 17.2 Å². The molecule has 0 aliphatic rings. The Morgan fingerprint density at radius 2 is 2.06 bits per heavy atom. The number of carbonyl (C=O) groups is 1. The highest BCUT2D eigenvalue weighted by atomic mass is 32.2. The number of nitrogens with two attached hydrogens (primary N) is 1. The molecule has 0 aromatic heterocycles. The smallest absolute Gasteiger partial charge is 0.218 e. The molecule has 0 aliphatic carbocycles. The summed E-state index contributed by atoms with van der Waals surface area (Å²) in [4.78, 5) is 15.5. The van der Waals surface area contributed by atoms with Gasteiger partial charge in [-0.25, -0.2) is 0 Å². The fourth-order valence-electron chi connectivity index (χ4n) is 1.46. The standard InChI is InChI=1S/C13H19N3OS/c1-4-18-13(16-9(2)15-10(3)17)11-5-7-12(14)8-6-11/h5-9H,4,14H2,1-3H3,(H,15,17). The van der Waals surface area contributed by atoms with E-state index < -0.39 is 0 Å². The van der Waals surface area contributed by atoms with Crippen molar-refractivity contribution in [3.05, 3.63) is 29.8 Å². The zero-order valence-corrected chi connectivity index (χ0v) is 11.8. The van der Waals surface area contributed by atoms with Crippen molar-refractivity contribution in [3.63, 3.8) is 0 Å². The van der Waals surface area contributed by atoms with Crippen molar-refractivity contribution in [2.75, 3.05) is 11.5 Å². The van der Waals surface area contributed by atoms with E-state index in [1.807, 2.05) is 31.2 Å². The Balaban J connectivity index is 2.90. The first kappa shape index (κ1) is 14.6. The van der Waals surface area contributed by atoms with Gasteiger partial charge in [0.15, 0.2) is 0 Å². The molecule has 0 fully saturated rings. The summed E-state index contributed by atoms with van der Waals surface area (Å²) >= 11 is 1.65. The summed E-state index contributed by atoms with van der Waals surface area (Å²) in [6.07, 6.45) is -0.228. The van der Waals surface area contributed by atoms with Crippen LogP contribution in [0.25, 0.3) is 0 Å². The van der Waals surface area contributed by atoms with Crippen LogP contribution < -0.4 is 11.1 Å². The quantitative estimate of drug-likeness (QED) is 0.498. The van der Waals surface area contributed by atoms with Crippen LogP contribution >= 0.6 is 11.8 Å². The van der Waals surface area contributed by atoms with E-state index in [0.717, 1.165) is 22.0 Å². The Bertz CT molecular complexity index is 428. The summed E-state index contributed by atoms with van der Waals surface area (Å²) in [6, 6.07) is 7.59. The highest BCUT2D eigenvalue weighted by Crippen LogP contribution is 2.16. The van der Waals surface area contributed by atoms with Crippen LogP contribution in [0.5, 0.6) is 0 Å². The largest absolute Gasteiger partial charge is 0.399 e. The molecule has 1 amide bonds. The lowest BCUT2D eigenvalue weighted by atomic mass is 10.2. The normalized spacial score (nSPS) is 13.2. The van der Waals surface area contributed by atoms with Crippen molar-refractivity contribution in [1.82, 2.24) is 5.32 Å². The summed E-state index contributed by atoms with van der Waals surface area (Å²) in [7, 11) is 0. The molecule has 4 nitrogen and oxygen atoms in total. The third kappa shape index (κ3) is 4.79. The van der Waals surface area contributed by atoms with Gasteiger partial charge in [0.05, 0.1) is 0 Å². The van der Waals surface area contributed by atoms with E-state index in [1.54, 1.807) is 11.8 Å². The van der Waals surface area contributed by atoms with Gasteiger partial charge in [-0.05, 0) is 24.8 Å². The summed E-state index contributed by atoms with van der Waals surface area (Å²) in [6.45, 7) is 5.41. The Hall–Kier alpha value is -1.49. The SMILES string of the molecule is CCSC(=NC(C)NC(C)=O)c1ccc(N)cc1. The molecule has 0 radical (unpaired) electrons. The Kier molecular flexibility index (Phi) is 5.71. The average Bonchev–Trinajstić information content (AvgIpc) is 2.28. The van der Waals surface area contributed by atoms with Gasteiger partial charge in [0.25, 0.3) is 0 Å². The van der Waals surface area contributed by atoms with Gasteiger partial charge in [-0.15, -0.1) is 11.8 Å². The van der Waals surface area contributed by atoms with E-state index in [-0.39, 0.29) is 12.1 Å². The molecule has 0 aliphatic heterocycles. The first-order valence-corrected chi connectivity index (χ1v) is 6.85. The van der Waals surface area contributed by atoms with E-state index in [1.165, 1.54) is 6.92 Å². The molecule has 0 heterocycles. The van der Waals surface area contributed by atoms with Crippen LogP contribution in [0.2, 0.25) is 0 Å². The third-order valence-corrected chi connectivity index (χ3v) is 3.06. The molecule has 1 atom stereocenters. The minimum absolute atomic E-state index is 0.0793. The number of benzene rings is 1. The number of amides is 1. The van der Waals surface area contributed by atoms with Crippen LogP contribution in [-0.4, -0.2) is 22.9 Å². The average molecular weight is 265 g/mol. The third-order valence-electron chi connectivity index (χ3n) is 2.16. The number of nitrogen functional groups attached to an aromatic ring is 1. The number of hydrogen-bond acceptors (Lipinski definition) is 4. The number of nitrogens with one attached hydrogen (secondary N) is 1.